The molecule has 0 saturated carbocycles. The van der Waals surface area contributed by atoms with Gasteiger partial charge < -0.3 is 15.5 Å². The molecule has 7 heteroatoms. The molecule has 0 aliphatic carbocycles. The fraction of sp³-hybridized carbons (Fsp3) is 0.462. The minimum absolute atomic E-state index is 0.0958. The zero-order valence-electron chi connectivity index (χ0n) is 11.3. The first kappa shape index (κ1) is 14.8. The molecule has 0 radical (unpaired) electrons. The molecule has 2 N–H and O–H groups in total. The van der Waals surface area contributed by atoms with Crippen molar-refractivity contribution in [3.8, 4) is 0 Å². The third kappa shape index (κ3) is 3.47. The fourth-order valence-electron chi connectivity index (χ4n) is 1.97. The number of anilines is 1. The number of halogens is 1. The van der Waals surface area contributed by atoms with Gasteiger partial charge in [-0.15, -0.1) is 0 Å². The summed E-state index contributed by atoms with van der Waals surface area (Å²) in [6.07, 6.45) is 2.59. The van der Waals surface area contributed by atoms with E-state index >= 15 is 0 Å². The molecule has 1 aromatic rings. The Morgan fingerprint density at radius 1 is 1.60 bits per heavy atom. The van der Waals surface area contributed by atoms with E-state index in [1.165, 1.54) is 0 Å². The van der Waals surface area contributed by atoms with Crippen molar-refractivity contribution in [3.05, 3.63) is 22.3 Å². The van der Waals surface area contributed by atoms with E-state index in [9.17, 15) is 9.59 Å². The van der Waals surface area contributed by atoms with Crippen LogP contribution in [0.5, 0.6) is 0 Å². The highest BCUT2D eigenvalue weighted by Crippen LogP contribution is 2.20. The van der Waals surface area contributed by atoms with Gasteiger partial charge in [-0.1, -0.05) is 6.92 Å². The van der Waals surface area contributed by atoms with Crippen molar-refractivity contribution in [2.75, 3.05) is 31.5 Å². The van der Waals surface area contributed by atoms with E-state index in [-0.39, 0.29) is 18.4 Å². The second kappa shape index (κ2) is 6.69. The SMILES string of the molecule is CCCNc1ncc(Br)cc1C(=O)N1CCNC(=O)C1. The molecule has 0 atom stereocenters. The van der Waals surface area contributed by atoms with E-state index in [0.29, 0.717) is 24.5 Å². The second-order valence-electron chi connectivity index (χ2n) is 4.55. The van der Waals surface area contributed by atoms with Crippen LogP contribution in [-0.4, -0.2) is 47.9 Å². The molecule has 20 heavy (non-hydrogen) atoms. The Kier molecular flexibility index (Phi) is 4.94. The third-order valence-corrected chi connectivity index (χ3v) is 3.39. The normalized spacial score (nSPS) is 14.9. The number of carbonyl (C=O) groups is 2. The number of pyridine rings is 1. The van der Waals surface area contributed by atoms with E-state index in [4.69, 9.17) is 0 Å². The Hall–Kier alpha value is -1.63. The number of hydrogen-bond donors (Lipinski definition) is 2. The Balaban J connectivity index is 2.22. The van der Waals surface area contributed by atoms with E-state index in [1.807, 2.05) is 6.92 Å². The third-order valence-electron chi connectivity index (χ3n) is 2.95. The first-order valence-electron chi connectivity index (χ1n) is 6.57. The molecule has 1 fully saturated rings. The first-order chi connectivity index (χ1) is 9.61. The first-order valence-corrected chi connectivity index (χ1v) is 7.36. The van der Waals surface area contributed by atoms with Crippen LogP contribution in [0.2, 0.25) is 0 Å². The Bertz CT molecular complexity index is 521. The number of carbonyl (C=O) groups excluding carboxylic acids is 2. The van der Waals surface area contributed by atoms with Crippen LogP contribution < -0.4 is 10.6 Å². The zero-order chi connectivity index (χ0) is 14.5. The van der Waals surface area contributed by atoms with Crippen LogP contribution in [0.15, 0.2) is 16.7 Å². The number of nitrogens with zero attached hydrogens (tertiary/aromatic N) is 2. The number of aromatic nitrogens is 1. The van der Waals surface area contributed by atoms with Crippen molar-refractivity contribution in [2.24, 2.45) is 0 Å². The highest BCUT2D eigenvalue weighted by molar-refractivity contribution is 9.10. The number of hydrogen-bond acceptors (Lipinski definition) is 4. The molecule has 2 amide bonds. The number of rotatable bonds is 4. The summed E-state index contributed by atoms with van der Waals surface area (Å²) < 4.78 is 0.740. The van der Waals surface area contributed by atoms with Gasteiger partial charge in [-0.25, -0.2) is 4.98 Å². The summed E-state index contributed by atoms with van der Waals surface area (Å²) in [6.45, 7) is 3.89. The lowest BCUT2D eigenvalue weighted by Crippen LogP contribution is -2.50. The van der Waals surface area contributed by atoms with E-state index in [1.54, 1.807) is 17.2 Å². The molecular formula is C13H17BrN4O2. The molecular weight excluding hydrogens is 324 g/mol. The van der Waals surface area contributed by atoms with Gasteiger partial charge in [0.1, 0.15) is 5.82 Å². The highest BCUT2D eigenvalue weighted by atomic mass is 79.9. The topological polar surface area (TPSA) is 74.3 Å². The van der Waals surface area contributed by atoms with Crippen molar-refractivity contribution in [2.45, 2.75) is 13.3 Å². The minimum atomic E-state index is -0.174. The van der Waals surface area contributed by atoms with E-state index in [0.717, 1.165) is 17.4 Å². The molecule has 108 valence electrons. The van der Waals surface area contributed by atoms with Crippen LogP contribution >= 0.6 is 15.9 Å². The van der Waals surface area contributed by atoms with Gasteiger partial charge in [-0.3, -0.25) is 9.59 Å². The second-order valence-corrected chi connectivity index (χ2v) is 5.47. The van der Waals surface area contributed by atoms with Crippen LogP contribution in [-0.2, 0) is 4.79 Å². The Labute approximate surface area is 126 Å². The average molecular weight is 341 g/mol. The molecule has 2 rings (SSSR count). The van der Waals surface area contributed by atoms with Crippen LogP contribution in [0.3, 0.4) is 0 Å². The quantitative estimate of drug-likeness (QED) is 0.864. The van der Waals surface area contributed by atoms with Crippen molar-refractivity contribution in [1.29, 1.82) is 0 Å². The predicted molar refractivity (Wildman–Crippen MR) is 79.6 cm³/mol. The van der Waals surface area contributed by atoms with Crippen molar-refractivity contribution in [3.63, 3.8) is 0 Å². The smallest absolute Gasteiger partial charge is 0.258 e. The van der Waals surface area contributed by atoms with Crippen molar-refractivity contribution in [1.82, 2.24) is 15.2 Å². The average Bonchev–Trinajstić information content (AvgIpc) is 2.45. The maximum absolute atomic E-state index is 12.5. The molecule has 1 aliphatic rings. The summed E-state index contributed by atoms with van der Waals surface area (Å²) in [4.78, 5) is 29.7. The lowest BCUT2D eigenvalue weighted by molar-refractivity contribution is -0.123. The molecule has 0 aromatic carbocycles. The van der Waals surface area contributed by atoms with Crippen LogP contribution in [0.25, 0.3) is 0 Å². The summed E-state index contributed by atoms with van der Waals surface area (Å²) in [5, 5.41) is 5.85. The van der Waals surface area contributed by atoms with Crippen molar-refractivity contribution >= 4 is 33.6 Å². The van der Waals surface area contributed by atoms with Gasteiger partial charge in [0.2, 0.25) is 5.91 Å². The molecule has 1 aromatic heterocycles. The van der Waals surface area contributed by atoms with Gasteiger partial charge in [0.25, 0.3) is 5.91 Å². The highest BCUT2D eigenvalue weighted by Gasteiger charge is 2.24. The monoisotopic (exact) mass is 340 g/mol. The van der Waals surface area contributed by atoms with Gasteiger partial charge in [-0.2, -0.15) is 0 Å². The fourth-order valence-corrected chi connectivity index (χ4v) is 2.30. The van der Waals surface area contributed by atoms with Gasteiger partial charge in [0.05, 0.1) is 12.1 Å². The largest absolute Gasteiger partial charge is 0.369 e. The van der Waals surface area contributed by atoms with Crippen LogP contribution in [0, 0.1) is 0 Å². The summed E-state index contributed by atoms with van der Waals surface area (Å²) in [7, 11) is 0. The number of nitrogens with one attached hydrogen (secondary N) is 2. The maximum atomic E-state index is 12.5. The zero-order valence-corrected chi connectivity index (χ0v) is 12.9. The number of amides is 2. The lowest BCUT2D eigenvalue weighted by Gasteiger charge is -2.27. The van der Waals surface area contributed by atoms with Gasteiger partial charge in [0.15, 0.2) is 0 Å². The molecule has 0 unspecified atom stereocenters. The van der Waals surface area contributed by atoms with Crippen LogP contribution in [0.4, 0.5) is 5.82 Å². The Morgan fingerprint density at radius 3 is 3.10 bits per heavy atom. The summed E-state index contributed by atoms with van der Waals surface area (Å²) in [5.74, 6) is 0.258. The molecule has 0 spiro atoms. The van der Waals surface area contributed by atoms with Gasteiger partial charge in [-0.05, 0) is 28.4 Å². The van der Waals surface area contributed by atoms with E-state index < -0.39 is 0 Å². The van der Waals surface area contributed by atoms with Crippen molar-refractivity contribution < 1.29 is 9.59 Å². The van der Waals surface area contributed by atoms with Gasteiger partial charge >= 0.3 is 0 Å². The molecule has 1 saturated heterocycles. The minimum Gasteiger partial charge on any atom is -0.369 e. The molecule has 0 bridgehead atoms. The summed E-state index contributed by atoms with van der Waals surface area (Å²) >= 11 is 3.33. The predicted octanol–water partition coefficient (Wildman–Crippen LogP) is 1.24. The standard InChI is InChI=1S/C13H17BrN4O2/c1-2-3-16-12-10(6-9(14)7-17-12)13(20)18-5-4-15-11(19)8-18/h6-7H,2-5,8H2,1H3,(H,15,19)(H,16,17). The number of piperazine rings is 1. The molecule has 6 nitrogen and oxygen atoms in total. The molecule has 1 aliphatic heterocycles. The Morgan fingerprint density at radius 2 is 2.40 bits per heavy atom. The maximum Gasteiger partial charge on any atom is 0.258 e. The lowest BCUT2D eigenvalue weighted by atomic mass is 10.2. The summed E-state index contributed by atoms with van der Waals surface area (Å²) in [5.41, 5.74) is 0.488. The van der Waals surface area contributed by atoms with Crippen LogP contribution in [0.1, 0.15) is 23.7 Å². The molecule has 2 heterocycles. The van der Waals surface area contributed by atoms with Gasteiger partial charge in [0, 0.05) is 30.3 Å². The van der Waals surface area contributed by atoms with E-state index in [2.05, 4.69) is 31.5 Å². The summed E-state index contributed by atoms with van der Waals surface area (Å²) in [6, 6.07) is 1.74.